The molecule has 154 valence electrons. The van der Waals surface area contributed by atoms with Crippen LogP contribution in [0.5, 0.6) is 17.2 Å². The zero-order chi connectivity index (χ0) is 20.5. The third-order valence-corrected chi connectivity index (χ3v) is 4.33. The van der Waals surface area contributed by atoms with Crippen molar-refractivity contribution in [3.05, 3.63) is 59.7 Å². The van der Waals surface area contributed by atoms with Gasteiger partial charge >= 0.3 is 5.97 Å². The SMILES string of the molecule is CCOC(=O)C(Cc1ccc(OCC=Cc2cccc3c2OCO3)cc1)OCC. The van der Waals surface area contributed by atoms with E-state index in [-0.39, 0.29) is 12.8 Å². The summed E-state index contributed by atoms with van der Waals surface area (Å²) in [6.45, 7) is 5.12. The standard InChI is InChI=1S/C23H26O6/c1-3-25-21(23(24)26-4-2)15-17-10-12-19(13-11-17)27-14-6-8-18-7-5-9-20-22(18)29-16-28-20/h5-13,21H,3-4,14-16H2,1-2H3. The molecule has 0 spiro atoms. The molecular formula is C23H26O6. The van der Waals surface area contributed by atoms with Crippen molar-refractivity contribution in [1.82, 2.24) is 0 Å². The van der Waals surface area contributed by atoms with Crippen molar-refractivity contribution < 1.29 is 28.5 Å². The van der Waals surface area contributed by atoms with Gasteiger partial charge < -0.3 is 23.7 Å². The predicted molar refractivity (Wildman–Crippen MR) is 109 cm³/mol. The van der Waals surface area contributed by atoms with Gasteiger partial charge in [-0.05, 0) is 43.7 Å². The number of fused-ring (bicyclic) bond motifs is 1. The van der Waals surface area contributed by atoms with E-state index in [1.807, 2.05) is 61.5 Å². The van der Waals surface area contributed by atoms with E-state index in [0.717, 1.165) is 28.4 Å². The van der Waals surface area contributed by atoms with Crippen LogP contribution in [-0.4, -0.2) is 38.7 Å². The van der Waals surface area contributed by atoms with Gasteiger partial charge in [0.1, 0.15) is 12.4 Å². The van der Waals surface area contributed by atoms with Gasteiger partial charge in [0, 0.05) is 18.6 Å². The fourth-order valence-corrected chi connectivity index (χ4v) is 2.99. The lowest BCUT2D eigenvalue weighted by atomic mass is 10.1. The Labute approximate surface area is 171 Å². The first-order chi connectivity index (χ1) is 14.2. The van der Waals surface area contributed by atoms with Crippen LogP contribution in [0.2, 0.25) is 0 Å². The molecule has 29 heavy (non-hydrogen) atoms. The number of esters is 1. The highest BCUT2D eigenvalue weighted by Gasteiger charge is 2.20. The van der Waals surface area contributed by atoms with E-state index in [1.54, 1.807) is 6.92 Å². The number of ether oxygens (including phenoxy) is 5. The van der Waals surface area contributed by atoms with Crippen molar-refractivity contribution in [1.29, 1.82) is 0 Å². The molecule has 1 atom stereocenters. The van der Waals surface area contributed by atoms with Gasteiger partial charge in [0.25, 0.3) is 0 Å². The minimum absolute atomic E-state index is 0.253. The van der Waals surface area contributed by atoms with Gasteiger partial charge in [0.2, 0.25) is 6.79 Å². The molecule has 6 nitrogen and oxygen atoms in total. The number of carbonyl (C=O) groups excluding carboxylic acids is 1. The largest absolute Gasteiger partial charge is 0.490 e. The number of benzene rings is 2. The summed E-state index contributed by atoms with van der Waals surface area (Å²) in [6.07, 6.45) is 3.76. The Bertz CT molecular complexity index is 828. The van der Waals surface area contributed by atoms with Crippen molar-refractivity contribution in [3.8, 4) is 17.2 Å². The number of hydrogen-bond acceptors (Lipinski definition) is 6. The van der Waals surface area contributed by atoms with Gasteiger partial charge in [0.15, 0.2) is 17.6 Å². The molecule has 0 aliphatic carbocycles. The van der Waals surface area contributed by atoms with Gasteiger partial charge in [-0.1, -0.05) is 30.3 Å². The van der Waals surface area contributed by atoms with Gasteiger partial charge in [0.05, 0.1) is 6.61 Å². The zero-order valence-electron chi connectivity index (χ0n) is 16.8. The second-order valence-corrected chi connectivity index (χ2v) is 6.34. The third kappa shape index (κ3) is 5.74. The van der Waals surface area contributed by atoms with Crippen molar-refractivity contribution in [3.63, 3.8) is 0 Å². The first kappa shape index (κ1) is 20.7. The average Bonchev–Trinajstić information content (AvgIpc) is 3.22. The quantitative estimate of drug-likeness (QED) is 0.564. The summed E-state index contributed by atoms with van der Waals surface area (Å²) in [5, 5.41) is 0. The van der Waals surface area contributed by atoms with Gasteiger partial charge in [-0.3, -0.25) is 0 Å². The van der Waals surface area contributed by atoms with Crippen LogP contribution in [0.15, 0.2) is 48.5 Å². The molecule has 1 aliphatic rings. The predicted octanol–water partition coefficient (Wildman–Crippen LogP) is 4.02. The molecule has 0 N–H and O–H groups in total. The highest BCUT2D eigenvalue weighted by Crippen LogP contribution is 2.35. The molecule has 0 bridgehead atoms. The molecule has 2 aromatic rings. The summed E-state index contributed by atoms with van der Waals surface area (Å²) in [7, 11) is 0. The lowest BCUT2D eigenvalue weighted by Gasteiger charge is -2.15. The minimum atomic E-state index is -0.589. The maximum Gasteiger partial charge on any atom is 0.335 e. The number of hydrogen-bond donors (Lipinski definition) is 0. The molecule has 1 unspecified atom stereocenters. The van der Waals surface area contributed by atoms with Crippen molar-refractivity contribution >= 4 is 12.0 Å². The van der Waals surface area contributed by atoms with Crippen LogP contribution in [0.1, 0.15) is 25.0 Å². The first-order valence-electron chi connectivity index (χ1n) is 9.76. The van der Waals surface area contributed by atoms with Crippen LogP contribution in [0, 0.1) is 0 Å². The van der Waals surface area contributed by atoms with E-state index in [9.17, 15) is 4.79 Å². The van der Waals surface area contributed by atoms with Crippen LogP contribution >= 0.6 is 0 Å². The molecule has 3 rings (SSSR count). The first-order valence-corrected chi connectivity index (χ1v) is 9.76. The molecule has 0 fully saturated rings. The summed E-state index contributed by atoms with van der Waals surface area (Å²) >= 11 is 0. The molecule has 2 aromatic carbocycles. The van der Waals surface area contributed by atoms with E-state index in [2.05, 4.69) is 0 Å². The molecule has 1 heterocycles. The summed E-state index contributed by atoms with van der Waals surface area (Å²) < 4.78 is 27.2. The molecule has 0 radical (unpaired) electrons. The highest BCUT2D eigenvalue weighted by atomic mass is 16.7. The van der Waals surface area contributed by atoms with Crippen molar-refractivity contribution in [2.24, 2.45) is 0 Å². The molecule has 0 saturated carbocycles. The van der Waals surface area contributed by atoms with E-state index in [4.69, 9.17) is 23.7 Å². The topological polar surface area (TPSA) is 63.2 Å². The Hall–Kier alpha value is -2.99. The normalized spacial score (nSPS) is 13.4. The second-order valence-electron chi connectivity index (χ2n) is 6.34. The monoisotopic (exact) mass is 398 g/mol. The summed E-state index contributed by atoms with van der Waals surface area (Å²) in [6, 6.07) is 13.4. The van der Waals surface area contributed by atoms with Crippen LogP contribution < -0.4 is 14.2 Å². The Morgan fingerprint density at radius 3 is 2.69 bits per heavy atom. The summed E-state index contributed by atoms with van der Waals surface area (Å²) in [5.74, 6) is 1.94. The maximum atomic E-state index is 12.0. The second kappa shape index (κ2) is 10.5. The van der Waals surface area contributed by atoms with Crippen molar-refractivity contribution in [2.45, 2.75) is 26.4 Å². The third-order valence-electron chi connectivity index (χ3n) is 4.33. The number of carbonyl (C=O) groups is 1. The van der Waals surface area contributed by atoms with E-state index < -0.39 is 6.10 Å². The van der Waals surface area contributed by atoms with Crippen LogP contribution in [0.4, 0.5) is 0 Å². The molecule has 1 aliphatic heterocycles. The average molecular weight is 398 g/mol. The van der Waals surface area contributed by atoms with Gasteiger partial charge in [-0.15, -0.1) is 0 Å². The Kier molecular flexibility index (Phi) is 7.53. The number of rotatable bonds is 10. The molecular weight excluding hydrogens is 372 g/mol. The van der Waals surface area contributed by atoms with Crippen LogP contribution in [-0.2, 0) is 20.7 Å². The fourth-order valence-electron chi connectivity index (χ4n) is 2.99. The van der Waals surface area contributed by atoms with Crippen molar-refractivity contribution in [2.75, 3.05) is 26.6 Å². The Morgan fingerprint density at radius 2 is 1.93 bits per heavy atom. The Balaban J connectivity index is 1.51. The highest BCUT2D eigenvalue weighted by molar-refractivity contribution is 5.75. The van der Waals surface area contributed by atoms with E-state index >= 15 is 0 Å². The van der Waals surface area contributed by atoms with Gasteiger partial charge in [-0.25, -0.2) is 4.79 Å². The van der Waals surface area contributed by atoms with Gasteiger partial charge in [-0.2, -0.15) is 0 Å². The van der Waals surface area contributed by atoms with Crippen LogP contribution in [0.25, 0.3) is 6.08 Å². The van der Waals surface area contributed by atoms with E-state index in [1.165, 1.54) is 0 Å². The summed E-state index contributed by atoms with van der Waals surface area (Å²) in [5.41, 5.74) is 1.94. The molecule has 6 heteroatoms. The molecule has 0 saturated heterocycles. The smallest absolute Gasteiger partial charge is 0.335 e. The molecule has 0 aromatic heterocycles. The Morgan fingerprint density at radius 1 is 1.10 bits per heavy atom. The zero-order valence-corrected chi connectivity index (χ0v) is 16.8. The van der Waals surface area contributed by atoms with Crippen LogP contribution in [0.3, 0.4) is 0 Å². The van der Waals surface area contributed by atoms with E-state index in [0.29, 0.717) is 26.2 Å². The maximum absolute atomic E-state index is 12.0. The molecule has 0 amide bonds. The lowest BCUT2D eigenvalue weighted by molar-refractivity contribution is -0.156. The summed E-state index contributed by atoms with van der Waals surface area (Å²) in [4.78, 5) is 12.0. The lowest BCUT2D eigenvalue weighted by Crippen LogP contribution is -2.28. The number of para-hydroxylation sites is 1. The fraction of sp³-hybridized carbons (Fsp3) is 0.348. The minimum Gasteiger partial charge on any atom is -0.490 e.